The summed E-state index contributed by atoms with van der Waals surface area (Å²) in [5, 5.41) is 3.29. The van der Waals surface area contributed by atoms with Gasteiger partial charge >= 0.3 is 0 Å². The molecule has 1 rings (SSSR count). The van der Waals surface area contributed by atoms with E-state index < -0.39 is 11.6 Å². The average molecular weight is 255 g/mol. The highest BCUT2D eigenvalue weighted by Crippen LogP contribution is 2.19. The van der Waals surface area contributed by atoms with Gasteiger partial charge in [-0.2, -0.15) is 0 Å². The molecule has 3 heteroatoms. The summed E-state index contributed by atoms with van der Waals surface area (Å²) in [6, 6.07) is 3.64. The minimum atomic E-state index is -0.518. The summed E-state index contributed by atoms with van der Waals surface area (Å²) in [6.07, 6.45) is 0. The Hall–Kier alpha value is -0.960. The van der Waals surface area contributed by atoms with Crippen molar-refractivity contribution in [2.75, 3.05) is 6.54 Å². The van der Waals surface area contributed by atoms with Crippen molar-refractivity contribution in [1.82, 2.24) is 5.32 Å². The molecule has 18 heavy (non-hydrogen) atoms. The van der Waals surface area contributed by atoms with Gasteiger partial charge in [0.15, 0.2) is 0 Å². The summed E-state index contributed by atoms with van der Waals surface area (Å²) < 4.78 is 26.0. The van der Waals surface area contributed by atoms with Gasteiger partial charge in [0.05, 0.1) is 0 Å². The van der Waals surface area contributed by atoms with Crippen LogP contribution >= 0.6 is 0 Å². The highest BCUT2D eigenvalue weighted by atomic mass is 19.1. The zero-order valence-electron chi connectivity index (χ0n) is 11.6. The van der Waals surface area contributed by atoms with E-state index in [0.29, 0.717) is 29.9 Å². The van der Waals surface area contributed by atoms with Gasteiger partial charge < -0.3 is 5.32 Å². The van der Waals surface area contributed by atoms with Gasteiger partial charge in [-0.1, -0.05) is 27.7 Å². The predicted molar refractivity (Wildman–Crippen MR) is 71.2 cm³/mol. The molecule has 0 fully saturated rings. The normalized spacial score (nSPS) is 11.8. The minimum absolute atomic E-state index is 0.505. The molecule has 1 aromatic carbocycles. The second-order valence-corrected chi connectivity index (χ2v) is 5.56. The maximum atomic E-state index is 13.0. The quantitative estimate of drug-likeness (QED) is 0.810. The maximum Gasteiger partial charge on any atom is 0.126 e. The van der Waals surface area contributed by atoms with Gasteiger partial charge in [0.25, 0.3) is 0 Å². The SMILES string of the molecule is CC(C)C(CNCc1cc(F)cc(F)c1)C(C)C. The van der Waals surface area contributed by atoms with Crippen LogP contribution in [0.4, 0.5) is 8.78 Å². The first-order chi connectivity index (χ1) is 8.40. The van der Waals surface area contributed by atoms with Crippen LogP contribution in [0.1, 0.15) is 33.3 Å². The highest BCUT2D eigenvalue weighted by Gasteiger charge is 2.16. The number of benzene rings is 1. The highest BCUT2D eigenvalue weighted by molar-refractivity contribution is 5.17. The summed E-state index contributed by atoms with van der Waals surface area (Å²) in [5.41, 5.74) is 0.652. The maximum absolute atomic E-state index is 13.0. The molecule has 0 bridgehead atoms. The largest absolute Gasteiger partial charge is 0.312 e. The van der Waals surface area contributed by atoms with Crippen LogP contribution in [-0.4, -0.2) is 6.54 Å². The number of rotatable bonds is 6. The molecule has 1 N–H and O–H groups in total. The lowest BCUT2D eigenvalue weighted by Crippen LogP contribution is -2.29. The molecule has 1 aromatic rings. The summed E-state index contributed by atoms with van der Waals surface area (Å²) >= 11 is 0. The van der Waals surface area contributed by atoms with E-state index in [-0.39, 0.29) is 0 Å². The Bertz CT molecular complexity index is 347. The Morgan fingerprint density at radius 3 is 1.89 bits per heavy atom. The van der Waals surface area contributed by atoms with E-state index in [1.165, 1.54) is 12.1 Å². The molecule has 0 aliphatic carbocycles. The third kappa shape index (κ3) is 4.73. The first-order valence-corrected chi connectivity index (χ1v) is 6.55. The van der Waals surface area contributed by atoms with Crippen LogP contribution in [0, 0.1) is 29.4 Å². The molecule has 0 unspecified atom stereocenters. The molecule has 0 saturated heterocycles. The Labute approximate surface area is 109 Å². The molecule has 1 nitrogen and oxygen atoms in total. The van der Waals surface area contributed by atoms with E-state index in [1.807, 2.05) is 0 Å². The third-order valence-electron chi connectivity index (χ3n) is 3.34. The molecule has 0 heterocycles. The molecule has 0 aromatic heterocycles. The fourth-order valence-corrected chi connectivity index (χ4v) is 2.34. The van der Waals surface area contributed by atoms with E-state index in [0.717, 1.165) is 12.6 Å². The van der Waals surface area contributed by atoms with Gasteiger partial charge in [-0.3, -0.25) is 0 Å². The van der Waals surface area contributed by atoms with Crippen LogP contribution in [-0.2, 0) is 6.54 Å². The third-order valence-corrected chi connectivity index (χ3v) is 3.34. The Balaban J connectivity index is 2.50. The van der Waals surface area contributed by atoms with E-state index >= 15 is 0 Å². The molecule has 0 aliphatic heterocycles. The van der Waals surface area contributed by atoms with Crippen molar-refractivity contribution in [3.8, 4) is 0 Å². The van der Waals surface area contributed by atoms with Crippen molar-refractivity contribution in [2.24, 2.45) is 17.8 Å². The summed E-state index contributed by atoms with van der Waals surface area (Å²) in [5.74, 6) is 0.735. The van der Waals surface area contributed by atoms with Crippen molar-refractivity contribution in [2.45, 2.75) is 34.2 Å². The molecular weight excluding hydrogens is 232 g/mol. The molecule has 102 valence electrons. The van der Waals surface area contributed by atoms with Gasteiger partial charge in [0, 0.05) is 12.6 Å². The van der Waals surface area contributed by atoms with Crippen LogP contribution < -0.4 is 5.32 Å². The Morgan fingerprint density at radius 1 is 0.944 bits per heavy atom. The average Bonchev–Trinajstić information content (AvgIpc) is 2.21. The Morgan fingerprint density at radius 2 is 1.44 bits per heavy atom. The molecule has 0 saturated carbocycles. The van der Waals surface area contributed by atoms with E-state index in [1.54, 1.807) is 0 Å². The van der Waals surface area contributed by atoms with Gasteiger partial charge in [0.1, 0.15) is 11.6 Å². The van der Waals surface area contributed by atoms with Crippen molar-refractivity contribution in [3.63, 3.8) is 0 Å². The minimum Gasteiger partial charge on any atom is -0.312 e. The molecular formula is C15H23F2N. The summed E-state index contributed by atoms with van der Waals surface area (Å²) in [6.45, 7) is 10.2. The van der Waals surface area contributed by atoms with Crippen LogP contribution in [0.15, 0.2) is 18.2 Å². The number of hydrogen-bond acceptors (Lipinski definition) is 1. The summed E-state index contributed by atoms with van der Waals surface area (Å²) in [4.78, 5) is 0. The molecule has 0 amide bonds. The zero-order chi connectivity index (χ0) is 13.7. The fourth-order valence-electron chi connectivity index (χ4n) is 2.34. The lowest BCUT2D eigenvalue weighted by molar-refractivity contribution is 0.275. The first-order valence-electron chi connectivity index (χ1n) is 6.55. The fraction of sp³-hybridized carbons (Fsp3) is 0.600. The van der Waals surface area contributed by atoms with E-state index in [9.17, 15) is 8.78 Å². The Kier molecular flexibility index (Phi) is 5.73. The lowest BCUT2D eigenvalue weighted by atomic mass is 9.85. The molecule has 0 aliphatic rings. The van der Waals surface area contributed by atoms with Crippen molar-refractivity contribution >= 4 is 0 Å². The van der Waals surface area contributed by atoms with Crippen LogP contribution in [0.2, 0.25) is 0 Å². The standard InChI is InChI=1S/C15H23F2N/c1-10(2)15(11(3)4)9-18-8-12-5-13(16)7-14(17)6-12/h5-7,10-11,15,18H,8-9H2,1-4H3. The van der Waals surface area contributed by atoms with Crippen molar-refractivity contribution in [1.29, 1.82) is 0 Å². The van der Waals surface area contributed by atoms with Crippen LogP contribution in [0.3, 0.4) is 0 Å². The number of nitrogens with one attached hydrogen (secondary N) is 1. The van der Waals surface area contributed by atoms with Gasteiger partial charge in [-0.05, 0) is 42.0 Å². The number of halogens is 2. The molecule has 0 radical (unpaired) electrons. The van der Waals surface area contributed by atoms with Crippen LogP contribution in [0.5, 0.6) is 0 Å². The van der Waals surface area contributed by atoms with Gasteiger partial charge in [-0.15, -0.1) is 0 Å². The second-order valence-electron chi connectivity index (χ2n) is 5.56. The lowest BCUT2D eigenvalue weighted by Gasteiger charge is -2.25. The smallest absolute Gasteiger partial charge is 0.126 e. The van der Waals surface area contributed by atoms with Crippen molar-refractivity contribution < 1.29 is 8.78 Å². The van der Waals surface area contributed by atoms with Gasteiger partial charge in [-0.25, -0.2) is 8.78 Å². The first kappa shape index (κ1) is 15.1. The predicted octanol–water partition coefficient (Wildman–Crippen LogP) is 3.98. The van der Waals surface area contributed by atoms with Gasteiger partial charge in [0.2, 0.25) is 0 Å². The second kappa shape index (κ2) is 6.83. The number of hydrogen-bond donors (Lipinski definition) is 1. The molecule has 0 atom stereocenters. The summed E-state index contributed by atoms with van der Waals surface area (Å²) in [7, 11) is 0. The van der Waals surface area contributed by atoms with E-state index in [2.05, 4.69) is 33.0 Å². The monoisotopic (exact) mass is 255 g/mol. The zero-order valence-corrected chi connectivity index (χ0v) is 11.6. The van der Waals surface area contributed by atoms with E-state index in [4.69, 9.17) is 0 Å². The topological polar surface area (TPSA) is 12.0 Å². The van der Waals surface area contributed by atoms with Crippen molar-refractivity contribution in [3.05, 3.63) is 35.4 Å². The molecule has 0 spiro atoms. The van der Waals surface area contributed by atoms with Crippen LogP contribution in [0.25, 0.3) is 0 Å².